The van der Waals surface area contributed by atoms with Gasteiger partial charge >= 0.3 is 0 Å². The SMILES string of the molecule is CN1CC(NC(=O)CCOc2ccccc2)CC1=O. The number of para-hydroxylation sites is 1. The number of benzene rings is 1. The van der Waals surface area contributed by atoms with Gasteiger partial charge in [0.2, 0.25) is 11.8 Å². The van der Waals surface area contributed by atoms with E-state index in [1.807, 2.05) is 30.3 Å². The molecule has 0 aliphatic carbocycles. The minimum Gasteiger partial charge on any atom is -0.493 e. The highest BCUT2D eigenvalue weighted by Crippen LogP contribution is 2.10. The van der Waals surface area contributed by atoms with Gasteiger partial charge in [-0.1, -0.05) is 18.2 Å². The molecule has 0 spiro atoms. The number of nitrogens with zero attached hydrogens (tertiary/aromatic N) is 1. The van der Waals surface area contributed by atoms with Gasteiger partial charge in [0.1, 0.15) is 5.75 Å². The molecule has 0 saturated carbocycles. The molecular weight excluding hydrogens is 244 g/mol. The third-order valence-corrected chi connectivity index (χ3v) is 3.05. The van der Waals surface area contributed by atoms with E-state index in [4.69, 9.17) is 4.74 Å². The van der Waals surface area contributed by atoms with Crippen molar-refractivity contribution in [1.82, 2.24) is 10.2 Å². The molecule has 1 heterocycles. The predicted molar refractivity (Wildman–Crippen MR) is 70.7 cm³/mol. The Morgan fingerprint density at radius 3 is 2.79 bits per heavy atom. The van der Waals surface area contributed by atoms with Crippen molar-refractivity contribution in [2.75, 3.05) is 20.2 Å². The number of carbonyl (C=O) groups is 2. The third-order valence-electron chi connectivity index (χ3n) is 3.05. The average molecular weight is 262 g/mol. The van der Waals surface area contributed by atoms with E-state index >= 15 is 0 Å². The Labute approximate surface area is 112 Å². The molecule has 0 bridgehead atoms. The first-order chi connectivity index (χ1) is 9.15. The highest BCUT2D eigenvalue weighted by Gasteiger charge is 2.27. The fraction of sp³-hybridized carbons (Fsp3) is 0.429. The van der Waals surface area contributed by atoms with Crippen LogP contribution < -0.4 is 10.1 Å². The van der Waals surface area contributed by atoms with Crippen molar-refractivity contribution in [1.29, 1.82) is 0 Å². The fourth-order valence-electron chi connectivity index (χ4n) is 2.04. The summed E-state index contributed by atoms with van der Waals surface area (Å²) >= 11 is 0. The van der Waals surface area contributed by atoms with Crippen LogP contribution in [0.1, 0.15) is 12.8 Å². The minimum atomic E-state index is -0.0796. The van der Waals surface area contributed by atoms with E-state index in [1.54, 1.807) is 11.9 Å². The molecular formula is C14H18N2O3. The highest BCUT2D eigenvalue weighted by atomic mass is 16.5. The Morgan fingerprint density at radius 1 is 1.42 bits per heavy atom. The van der Waals surface area contributed by atoms with Crippen molar-refractivity contribution < 1.29 is 14.3 Å². The maximum Gasteiger partial charge on any atom is 0.224 e. The van der Waals surface area contributed by atoms with E-state index < -0.39 is 0 Å². The number of nitrogens with one attached hydrogen (secondary N) is 1. The molecule has 1 N–H and O–H groups in total. The molecule has 1 saturated heterocycles. The van der Waals surface area contributed by atoms with Crippen LogP contribution in [0.25, 0.3) is 0 Å². The Bertz CT molecular complexity index is 447. The molecule has 0 radical (unpaired) electrons. The lowest BCUT2D eigenvalue weighted by Crippen LogP contribution is -2.37. The second-order valence-corrected chi connectivity index (χ2v) is 4.65. The zero-order chi connectivity index (χ0) is 13.7. The summed E-state index contributed by atoms with van der Waals surface area (Å²) in [5.74, 6) is 0.751. The second-order valence-electron chi connectivity index (χ2n) is 4.65. The number of hydrogen-bond donors (Lipinski definition) is 1. The van der Waals surface area contributed by atoms with Crippen LogP contribution in [0.4, 0.5) is 0 Å². The van der Waals surface area contributed by atoms with Gasteiger partial charge in [-0.3, -0.25) is 9.59 Å². The molecule has 1 aliphatic heterocycles. The number of hydrogen-bond acceptors (Lipinski definition) is 3. The predicted octanol–water partition coefficient (Wildman–Crippen LogP) is 0.802. The van der Waals surface area contributed by atoms with Crippen LogP contribution in [0.3, 0.4) is 0 Å². The zero-order valence-electron chi connectivity index (χ0n) is 11.0. The van der Waals surface area contributed by atoms with Crippen LogP contribution in [0.5, 0.6) is 5.75 Å². The molecule has 1 aromatic rings. The normalized spacial score (nSPS) is 18.5. The van der Waals surface area contributed by atoms with Gasteiger partial charge in [-0.05, 0) is 12.1 Å². The molecule has 19 heavy (non-hydrogen) atoms. The molecule has 1 fully saturated rings. The molecule has 5 nitrogen and oxygen atoms in total. The first-order valence-electron chi connectivity index (χ1n) is 6.36. The standard InChI is InChI=1S/C14H18N2O3/c1-16-10-11(9-14(16)18)15-13(17)7-8-19-12-5-3-2-4-6-12/h2-6,11H,7-10H2,1H3,(H,15,17). The summed E-state index contributed by atoms with van der Waals surface area (Å²) < 4.78 is 5.45. The molecule has 1 atom stereocenters. The molecule has 1 unspecified atom stereocenters. The third kappa shape index (κ3) is 3.98. The van der Waals surface area contributed by atoms with Crippen molar-refractivity contribution in [2.24, 2.45) is 0 Å². The molecule has 5 heteroatoms. The van der Waals surface area contributed by atoms with Crippen molar-refractivity contribution in [3.05, 3.63) is 30.3 Å². The highest BCUT2D eigenvalue weighted by molar-refractivity contribution is 5.82. The number of carbonyl (C=O) groups excluding carboxylic acids is 2. The monoisotopic (exact) mass is 262 g/mol. The first kappa shape index (κ1) is 13.4. The summed E-state index contributed by atoms with van der Waals surface area (Å²) in [6, 6.07) is 9.31. The lowest BCUT2D eigenvalue weighted by molar-refractivity contribution is -0.126. The van der Waals surface area contributed by atoms with E-state index in [2.05, 4.69) is 5.32 Å². The maximum absolute atomic E-state index is 11.7. The summed E-state index contributed by atoms with van der Waals surface area (Å²) in [5, 5.41) is 2.84. The zero-order valence-corrected chi connectivity index (χ0v) is 11.0. The first-order valence-corrected chi connectivity index (χ1v) is 6.36. The van der Waals surface area contributed by atoms with Gasteiger partial charge in [0.05, 0.1) is 19.1 Å². The quantitative estimate of drug-likeness (QED) is 0.854. The molecule has 0 aromatic heterocycles. The van der Waals surface area contributed by atoms with E-state index in [0.29, 0.717) is 26.0 Å². The number of ether oxygens (including phenoxy) is 1. The van der Waals surface area contributed by atoms with Gasteiger partial charge in [0.15, 0.2) is 0 Å². The van der Waals surface area contributed by atoms with Gasteiger partial charge in [-0.2, -0.15) is 0 Å². The number of amides is 2. The van der Waals surface area contributed by atoms with Crippen LogP contribution in [0, 0.1) is 0 Å². The van der Waals surface area contributed by atoms with Crippen LogP contribution in [-0.2, 0) is 9.59 Å². The van der Waals surface area contributed by atoms with Crippen LogP contribution in [0.15, 0.2) is 30.3 Å². The van der Waals surface area contributed by atoms with E-state index in [9.17, 15) is 9.59 Å². The largest absolute Gasteiger partial charge is 0.493 e. The van der Waals surface area contributed by atoms with Crippen molar-refractivity contribution in [3.8, 4) is 5.75 Å². The van der Waals surface area contributed by atoms with Crippen LogP contribution in [-0.4, -0.2) is 43.0 Å². The number of rotatable bonds is 5. The Morgan fingerprint density at radius 2 is 2.16 bits per heavy atom. The molecule has 2 rings (SSSR count). The lowest BCUT2D eigenvalue weighted by Gasteiger charge is -2.12. The van der Waals surface area contributed by atoms with Gasteiger partial charge in [-0.15, -0.1) is 0 Å². The minimum absolute atomic E-state index is 0.0678. The maximum atomic E-state index is 11.7. The van der Waals surface area contributed by atoms with Crippen molar-refractivity contribution in [2.45, 2.75) is 18.9 Å². The summed E-state index contributed by atoms with van der Waals surface area (Å²) in [4.78, 5) is 24.6. The molecule has 2 amide bonds. The van der Waals surface area contributed by atoms with Crippen molar-refractivity contribution in [3.63, 3.8) is 0 Å². The smallest absolute Gasteiger partial charge is 0.224 e. The van der Waals surface area contributed by atoms with Gasteiger partial charge in [-0.25, -0.2) is 0 Å². The van der Waals surface area contributed by atoms with Crippen LogP contribution in [0.2, 0.25) is 0 Å². The molecule has 102 valence electrons. The van der Waals surface area contributed by atoms with Crippen LogP contribution >= 0.6 is 0 Å². The summed E-state index contributed by atoms with van der Waals surface area (Å²) in [6.45, 7) is 0.927. The van der Waals surface area contributed by atoms with E-state index in [-0.39, 0.29) is 17.9 Å². The van der Waals surface area contributed by atoms with Crippen molar-refractivity contribution >= 4 is 11.8 Å². The Balaban J connectivity index is 1.67. The summed E-state index contributed by atoms with van der Waals surface area (Å²) in [7, 11) is 1.74. The lowest BCUT2D eigenvalue weighted by atomic mass is 10.2. The topological polar surface area (TPSA) is 58.6 Å². The molecule has 1 aliphatic rings. The number of likely N-dealkylation sites (N-methyl/N-ethyl adjacent to an activating group) is 1. The fourth-order valence-corrected chi connectivity index (χ4v) is 2.04. The Hall–Kier alpha value is -2.04. The van der Waals surface area contributed by atoms with E-state index in [1.165, 1.54) is 0 Å². The van der Waals surface area contributed by atoms with Gasteiger partial charge in [0, 0.05) is 20.0 Å². The number of likely N-dealkylation sites (tertiary alicyclic amines) is 1. The molecule has 1 aromatic carbocycles. The van der Waals surface area contributed by atoms with Gasteiger partial charge in [0.25, 0.3) is 0 Å². The van der Waals surface area contributed by atoms with Gasteiger partial charge < -0.3 is 15.0 Å². The second kappa shape index (κ2) is 6.22. The summed E-state index contributed by atoms with van der Waals surface area (Å²) in [5.41, 5.74) is 0. The average Bonchev–Trinajstić information content (AvgIpc) is 2.69. The summed E-state index contributed by atoms with van der Waals surface area (Å²) in [6.07, 6.45) is 0.686. The Kier molecular flexibility index (Phi) is 4.39. The van der Waals surface area contributed by atoms with E-state index in [0.717, 1.165) is 5.75 Å².